The summed E-state index contributed by atoms with van der Waals surface area (Å²) in [7, 11) is 0. The molecule has 1 unspecified atom stereocenters. The molecule has 1 aliphatic heterocycles. The van der Waals surface area contributed by atoms with Gasteiger partial charge in [-0.1, -0.05) is 60.7 Å². The second-order valence-electron chi connectivity index (χ2n) is 8.36. The number of carbonyl (C=O) groups is 2. The Labute approximate surface area is 187 Å². The highest BCUT2D eigenvalue weighted by atomic mass is 32.1. The molecule has 2 aromatic carbocycles. The zero-order valence-electron chi connectivity index (χ0n) is 17.6. The maximum absolute atomic E-state index is 13.0. The lowest BCUT2D eigenvalue weighted by molar-refractivity contribution is -0.139. The van der Waals surface area contributed by atoms with Crippen molar-refractivity contribution in [2.75, 3.05) is 13.1 Å². The molecule has 4 nitrogen and oxygen atoms in total. The number of nitrogens with zero attached hydrogens (tertiary/aromatic N) is 1. The summed E-state index contributed by atoms with van der Waals surface area (Å²) in [5, 5.41) is 2.06. The van der Waals surface area contributed by atoms with Crippen LogP contribution in [0.2, 0.25) is 0 Å². The van der Waals surface area contributed by atoms with Crippen molar-refractivity contribution in [3.63, 3.8) is 0 Å². The molecule has 3 aromatic rings. The van der Waals surface area contributed by atoms with Crippen LogP contribution in [-0.2, 0) is 22.4 Å². The largest absolute Gasteiger partial charge is 0.369 e. The van der Waals surface area contributed by atoms with Crippen LogP contribution in [0.4, 0.5) is 0 Å². The number of piperidine rings is 1. The molecule has 1 atom stereocenters. The minimum atomic E-state index is -0.728. The molecule has 0 aliphatic carbocycles. The Morgan fingerprint density at radius 2 is 1.77 bits per heavy atom. The number of benzene rings is 2. The average molecular weight is 433 g/mol. The zero-order chi connectivity index (χ0) is 21.7. The van der Waals surface area contributed by atoms with Gasteiger partial charge in [0.05, 0.1) is 5.41 Å². The highest BCUT2D eigenvalue weighted by Gasteiger charge is 2.42. The molecule has 0 radical (unpaired) electrons. The number of hydrogen-bond donors (Lipinski definition) is 1. The van der Waals surface area contributed by atoms with Crippen molar-refractivity contribution in [3.8, 4) is 10.4 Å². The van der Waals surface area contributed by atoms with Gasteiger partial charge < -0.3 is 10.6 Å². The van der Waals surface area contributed by atoms with Crippen LogP contribution in [0.1, 0.15) is 30.4 Å². The van der Waals surface area contributed by atoms with Gasteiger partial charge >= 0.3 is 0 Å². The summed E-state index contributed by atoms with van der Waals surface area (Å²) < 4.78 is 0. The standard InChI is InChI=1S/C26H28N2O2S/c27-25(30)26(18-21-10-4-5-11-22(21)23-12-6-17-31-23)15-7-16-28(19-26)24(29)14-13-20-8-2-1-3-9-20/h1-6,8-12,17H,7,13-16,18-19H2,(H2,27,30). The Bertz CT molecular complexity index is 1030. The van der Waals surface area contributed by atoms with Crippen molar-refractivity contribution in [1.82, 2.24) is 4.90 Å². The summed E-state index contributed by atoms with van der Waals surface area (Å²) in [4.78, 5) is 28.7. The van der Waals surface area contributed by atoms with Gasteiger partial charge in [-0.15, -0.1) is 11.3 Å². The number of amides is 2. The fourth-order valence-corrected chi connectivity index (χ4v) is 5.33. The van der Waals surface area contributed by atoms with Gasteiger partial charge in [-0.25, -0.2) is 0 Å². The molecule has 2 heterocycles. The Morgan fingerprint density at radius 1 is 1.00 bits per heavy atom. The molecule has 2 amide bonds. The molecule has 2 N–H and O–H groups in total. The quantitative estimate of drug-likeness (QED) is 0.589. The van der Waals surface area contributed by atoms with Crippen LogP contribution in [0.15, 0.2) is 72.1 Å². The molecule has 160 valence electrons. The lowest BCUT2D eigenvalue weighted by Gasteiger charge is -2.41. The molecule has 5 heteroatoms. The summed E-state index contributed by atoms with van der Waals surface area (Å²) >= 11 is 1.69. The van der Waals surface area contributed by atoms with Crippen LogP contribution >= 0.6 is 11.3 Å². The third kappa shape index (κ3) is 4.88. The van der Waals surface area contributed by atoms with Crippen LogP contribution in [0, 0.1) is 5.41 Å². The van der Waals surface area contributed by atoms with E-state index in [2.05, 4.69) is 23.6 Å². The molecule has 0 saturated carbocycles. The number of nitrogens with two attached hydrogens (primary N) is 1. The van der Waals surface area contributed by atoms with Crippen LogP contribution in [0.25, 0.3) is 10.4 Å². The fraction of sp³-hybridized carbons (Fsp3) is 0.308. The normalized spacial score (nSPS) is 18.6. The molecule has 1 aromatic heterocycles. The van der Waals surface area contributed by atoms with Crippen molar-refractivity contribution in [2.24, 2.45) is 11.1 Å². The molecule has 0 bridgehead atoms. The first-order valence-corrected chi connectivity index (χ1v) is 11.7. The van der Waals surface area contributed by atoms with E-state index in [1.165, 1.54) is 4.88 Å². The first-order chi connectivity index (χ1) is 15.1. The summed E-state index contributed by atoms with van der Waals surface area (Å²) in [6.07, 6.45) is 3.22. The van der Waals surface area contributed by atoms with E-state index >= 15 is 0 Å². The van der Waals surface area contributed by atoms with E-state index in [0.717, 1.165) is 23.1 Å². The lowest BCUT2D eigenvalue weighted by atomic mass is 9.73. The van der Waals surface area contributed by atoms with Gasteiger partial charge in [-0.05, 0) is 53.8 Å². The van der Waals surface area contributed by atoms with Crippen LogP contribution < -0.4 is 5.73 Å². The van der Waals surface area contributed by atoms with Crippen molar-refractivity contribution in [3.05, 3.63) is 83.2 Å². The van der Waals surface area contributed by atoms with E-state index in [4.69, 9.17) is 5.73 Å². The monoisotopic (exact) mass is 432 g/mol. The van der Waals surface area contributed by atoms with Crippen molar-refractivity contribution >= 4 is 23.2 Å². The summed E-state index contributed by atoms with van der Waals surface area (Å²) in [6.45, 7) is 1.09. The van der Waals surface area contributed by atoms with Crippen molar-refractivity contribution in [2.45, 2.75) is 32.1 Å². The number of primary amides is 1. The topological polar surface area (TPSA) is 63.4 Å². The molecule has 1 aliphatic rings. The van der Waals surface area contributed by atoms with Gasteiger partial charge in [0.2, 0.25) is 11.8 Å². The van der Waals surface area contributed by atoms with E-state index in [9.17, 15) is 9.59 Å². The summed E-state index contributed by atoms with van der Waals surface area (Å²) in [6, 6.07) is 22.4. The number of hydrogen-bond acceptors (Lipinski definition) is 3. The molecule has 0 spiro atoms. The molecule has 4 rings (SSSR count). The first kappa shape index (κ1) is 21.3. The Morgan fingerprint density at radius 3 is 2.52 bits per heavy atom. The van der Waals surface area contributed by atoms with Crippen LogP contribution in [0.3, 0.4) is 0 Å². The summed E-state index contributed by atoms with van der Waals surface area (Å²) in [5.74, 6) is -0.213. The van der Waals surface area contributed by atoms with Gasteiger partial charge in [-0.2, -0.15) is 0 Å². The SMILES string of the molecule is NC(=O)C1(Cc2ccccc2-c2cccs2)CCCN(C(=O)CCc2ccccc2)C1. The zero-order valence-corrected chi connectivity index (χ0v) is 18.4. The van der Waals surface area contributed by atoms with E-state index in [-0.39, 0.29) is 11.8 Å². The highest BCUT2D eigenvalue weighted by Crippen LogP contribution is 2.37. The Kier molecular flexibility index (Phi) is 6.52. The minimum Gasteiger partial charge on any atom is -0.369 e. The van der Waals surface area contributed by atoms with E-state index < -0.39 is 5.41 Å². The van der Waals surface area contributed by atoms with E-state index in [0.29, 0.717) is 38.8 Å². The van der Waals surface area contributed by atoms with Crippen molar-refractivity contribution in [1.29, 1.82) is 0 Å². The third-order valence-corrected chi connectivity index (χ3v) is 7.16. The predicted octanol–water partition coefficient (Wildman–Crippen LogP) is 4.68. The minimum absolute atomic E-state index is 0.0979. The third-order valence-electron chi connectivity index (χ3n) is 6.26. The maximum Gasteiger partial charge on any atom is 0.225 e. The van der Waals surface area contributed by atoms with E-state index in [1.807, 2.05) is 53.4 Å². The van der Waals surface area contributed by atoms with Gasteiger partial charge in [-0.3, -0.25) is 9.59 Å². The molecule has 1 fully saturated rings. The molecular formula is C26H28N2O2S. The maximum atomic E-state index is 13.0. The van der Waals surface area contributed by atoms with Gasteiger partial charge in [0.15, 0.2) is 0 Å². The lowest BCUT2D eigenvalue weighted by Crippen LogP contribution is -2.53. The smallest absolute Gasteiger partial charge is 0.225 e. The fourth-order valence-electron chi connectivity index (χ4n) is 4.54. The van der Waals surface area contributed by atoms with Gasteiger partial charge in [0.1, 0.15) is 0 Å². The first-order valence-electron chi connectivity index (χ1n) is 10.8. The van der Waals surface area contributed by atoms with Gasteiger partial charge in [0.25, 0.3) is 0 Å². The predicted molar refractivity (Wildman–Crippen MR) is 126 cm³/mol. The second kappa shape index (κ2) is 9.48. The molecular weight excluding hydrogens is 404 g/mol. The van der Waals surface area contributed by atoms with Gasteiger partial charge in [0, 0.05) is 24.4 Å². The van der Waals surface area contributed by atoms with Crippen LogP contribution in [-0.4, -0.2) is 29.8 Å². The summed E-state index contributed by atoms with van der Waals surface area (Å²) in [5.41, 5.74) is 8.65. The number of aryl methyl sites for hydroxylation is 1. The number of thiophene rings is 1. The average Bonchev–Trinajstić information content (AvgIpc) is 3.33. The second-order valence-corrected chi connectivity index (χ2v) is 9.31. The Balaban J connectivity index is 1.52. The number of likely N-dealkylation sites (tertiary alicyclic amines) is 1. The van der Waals surface area contributed by atoms with Crippen molar-refractivity contribution < 1.29 is 9.59 Å². The molecule has 31 heavy (non-hydrogen) atoms. The van der Waals surface area contributed by atoms with Crippen LogP contribution in [0.5, 0.6) is 0 Å². The number of rotatable bonds is 7. The number of carbonyl (C=O) groups excluding carboxylic acids is 2. The Hall–Kier alpha value is -2.92. The van der Waals surface area contributed by atoms with E-state index in [1.54, 1.807) is 11.3 Å². The molecule has 1 saturated heterocycles. The highest BCUT2D eigenvalue weighted by molar-refractivity contribution is 7.13.